The van der Waals surface area contributed by atoms with Gasteiger partial charge in [0.25, 0.3) is 0 Å². The van der Waals surface area contributed by atoms with Crippen molar-refractivity contribution in [2.75, 3.05) is 0 Å². The highest BCUT2D eigenvalue weighted by Gasteiger charge is 2.21. The molecule has 0 saturated heterocycles. The van der Waals surface area contributed by atoms with Crippen molar-refractivity contribution in [2.24, 2.45) is 5.73 Å². The predicted molar refractivity (Wildman–Crippen MR) is 82.0 cm³/mol. The van der Waals surface area contributed by atoms with E-state index in [0.717, 1.165) is 32.1 Å². The number of nitrogens with one attached hydrogen (secondary N) is 1. The summed E-state index contributed by atoms with van der Waals surface area (Å²) in [5.41, 5.74) is 7.17. The van der Waals surface area contributed by atoms with Crippen molar-refractivity contribution in [3.05, 3.63) is 35.6 Å². The third-order valence-electron chi connectivity index (χ3n) is 4.33. The summed E-state index contributed by atoms with van der Waals surface area (Å²) in [6.07, 6.45) is 8.04. The van der Waals surface area contributed by atoms with Gasteiger partial charge in [0.1, 0.15) is 5.82 Å². The van der Waals surface area contributed by atoms with Crippen molar-refractivity contribution < 1.29 is 4.39 Å². The molecule has 1 aromatic carbocycles. The summed E-state index contributed by atoms with van der Waals surface area (Å²) in [7, 11) is 0. The normalized spacial score (nSPS) is 24.6. The molecule has 0 aromatic heterocycles. The van der Waals surface area contributed by atoms with Gasteiger partial charge in [0, 0.05) is 18.1 Å². The van der Waals surface area contributed by atoms with Gasteiger partial charge in [-0.15, -0.1) is 0 Å². The van der Waals surface area contributed by atoms with E-state index in [1.807, 2.05) is 12.1 Å². The Bertz CT molecular complexity index is 382. The Hall–Kier alpha value is -0.930. The lowest BCUT2D eigenvalue weighted by Crippen LogP contribution is -2.39. The molecule has 112 valence electrons. The molecule has 2 rings (SSSR count). The second kappa shape index (κ2) is 7.75. The first-order valence-corrected chi connectivity index (χ1v) is 7.96. The van der Waals surface area contributed by atoms with Crippen LogP contribution < -0.4 is 11.1 Å². The molecular formula is C17H27FN2. The van der Waals surface area contributed by atoms with Gasteiger partial charge in [-0.3, -0.25) is 0 Å². The summed E-state index contributed by atoms with van der Waals surface area (Å²) in [5, 5.41) is 3.77. The minimum Gasteiger partial charge on any atom is -0.328 e. The van der Waals surface area contributed by atoms with E-state index in [-0.39, 0.29) is 5.82 Å². The van der Waals surface area contributed by atoms with Crippen LogP contribution >= 0.6 is 0 Å². The average Bonchev–Trinajstić information content (AvgIpc) is 2.46. The first kappa shape index (κ1) is 15.5. The maximum absolute atomic E-state index is 13.1. The molecule has 0 amide bonds. The van der Waals surface area contributed by atoms with Gasteiger partial charge in [-0.05, 0) is 49.8 Å². The zero-order valence-electron chi connectivity index (χ0n) is 12.4. The predicted octanol–water partition coefficient (Wildman–Crippen LogP) is 3.92. The van der Waals surface area contributed by atoms with Crippen molar-refractivity contribution in [2.45, 2.75) is 70.0 Å². The minimum atomic E-state index is -0.161. The van der Waals surface area contributed by atoms with Crippen molar-refractivity contribution in [1.82, 2.24) is 5.32 Å². The van der Waals surface area contributed by atoms with E-state index < -0.39 is 0 Å². The van der Waals surface area contributed by atoms with E-state index in [1.54, 1.807) is 12.1 Å². The Balaban J connectivity index is 1.97. The number of halogens is 1. The van der Waals surface area contributed by atoms with Crippen molar-refractivity contribution in [3.8, 4) is 0 Å². The SMILES string of the molecule is CCCCC(NC1CCC(N)CC1)c1ccc(F)cc1. The molecule has 3 N–H and O–H groups in total. The van der Waals surface area contributed by atoms with E-state index in [9.17, 15) is 4.39 Å². The lowest BCUT2D eigenvalue weighted by molar-refractivity contribution is 0.307. The first-order chi connectivity index (χ1) is 9.69. The molecule has 2 nitrogen and oxygen atoms in total. The number of unbranched alkanes of at least 4 members (excludes halogenated alkanes) is 1. The fourth-order valence-electron chi connectivity index (χ4n) is 3.02. The molecule has 20 heavy (non-hydrogen) atoms. The molecule has 0 bridgehead atoms. The zero-order chi connectivity index (χ0) is 14.4. The number of rotatable bonds is 6. The third kappa shape index (κ3) is 4.57. The largest absolute Gasteiger partial charge is 0.328 e. The number of hydrogen-bond acceptors (Lipinski definition) is 2. The number of hydrogen-bond donors (Lipinski definition) is 2. The van der Waals surface area contributed by atoms with Gasteiger partial charge < -0.3 is 11.1 Å². The fourth-order valence-corrected chi connectivity index (χ4v) is 3.02. The van der Waals surface area contributed by atoms with Gasteiger partial charge in [0.05, 0.1) is 0 Å². The van der Waals surface area contributed by atoms with Gasteiger partial charge in [-0.1, -0.05) is 31.9 Å². The number of benzene rings is 1. The highest BCUT2D eigenvalue weighted by molar-refractivity contribution is 5.20. The van der Waals surface area contributed by atoms with Crippen LogP contribution in [-0.2, 0) is 0 Å². The molecule has 1 aromatic rings. The summed E-state index contributed by atoms with van der Waals surface area (Å²) in [6.45, 7) is 2.21. The summed E-state index contributed by atoms with van der Waals surface area (Å²) < 4.78 is 13.1. The van der Waals surface area contributed by atoms with Crippen LogP contribution in [0.2, 0.25) is 0 Å². The molecule has 3 heteroatoms. The maximum atomic E-state index is 13.1. The van der Waals surface area contributed by atoms with Gasteiger partial charge in [-0.2, -0.15) is 0 Å². The first-order valence-electron chi connectivity index (χ1n) is 7.96. The molecule has 0 heterocycles. The average molecular weight is 278 g/mol. The van der Waals surface area contributed by atoms with Crippen LogP contribution in [0.1, 0.15) is 63.5 Å². The monoisotopic (exact) mass is 278 g/mol. The van der Waals surface area contributed by atoms with Crippen molar-refractivity contribution in [1.29, 1.82) is 0 Å². The van der Waals surface area contributed by atoms with E-state index in [1.165, 1.54) is 18.4 Å². The summed E-state index contributed by atoms with van der Waals surface area (Å²) >= 11 is 0. The Morgan fingerprint density at radius 2 is 1.85 bits per heavy atom. The van der Waals surface area contributed by atoms with Crippen LogP contribution in [0.15, 0.2) is 24.3 Å². The quantitative estimate of drug-likeness (QED) is 0.827. The lowest BCUT2D eigenvalue weighted by Gasteiger charge is -2.31. The van der Waals surface area contributed by atoms with E-state index >= 15 is 0 Å². The fraction of sp³-hybridized carbons (Fsp3) is 0.647. The Morgan fingerprint density at radius 1 is 1.20 bits per heavy atom. The van der Waals surface area contributed by atoms with Crippen LogP contribution in [-0.4, -0.2) is 12.1 Å². The molecule has 0 spiro atoms. The van der Waals surface area contributed by atoms with E-state index in [2.05, 4.69) is 12.2 Å². The van der Waals surface area contributed by atoms with Crippen LogP contribution in [0.5, 0.6) is 0 Å². The van der Waals surface area contributed by atoms with Crippen molar-refractivity contribution in [3.63, 3.8) is 0 Å². The molecule has 0 radical (unpaired) electrons. The lowest BCUT2D eigenvalue weighted by atomic mass is 9.90. The standard InChI is InChI=1S/C17H27FN2/c1-2-3-4-17(13-5-7-14(18)8-6-13)20-16-11-9-15(19)10-12-16/h5-8,15-17,20H,2-4,9-12,19H2,1H3. The molecular weight excluding hydrogens is 251 g/mol. The summed E-state index contributed by atoms with van der Waals surface area (Å²) in [4.78, 5) is 0. The molecule has 1 atom stereocenters. The highest BCUT2D eigenvalue weighted by Crippen LogP contribution is 2.25. The Kier molecular flexibility index (Phi) is 5.99. The van der Waals surface area contributed by atoms with Gasteiger partial charge in [-0.25, -0.2) is 4.39 Å². The summed E-state index contributed by atoms with van der Waals surface area (Å²) in [6, 6.07) is 8.23. The maximum Gasteiger partial charge on any atom is 0.123 e. The third-order valence-corrected chi connectivity index (χ3v) is 4.33. The van der Waals surface area contributed by atoms with E-state index in [4.69, 9.17) is 5.73 Å². The smallest absolute Gasteiger partial charge is 0.123 e. The molecule has 1 aliphatic rings. The van der Waals surface area contributed by atoms with Crippen LogP contribution in [0.25, 0.3) is 0 Å². The van der Waals surface area contributed by atoms with Crippen LogP contribution in [0, 0.1) is 5.82 Å². The minimum absolute atomic E-state index is 0.161. The van der Waals surface area contributed by atoms with Gasteiger partial charge in [0.2, 0.25) is 0 Å². The second-order valence-corrected chi connectivity index (χ2v) is 6.02. The Morgan fingerprint density at radius 3 is 2.45 bits per heavy atom. The molecule has 0 aliphatic heterocycles. The summed E-state index contributed by atoms with van der Waals surface area (Å²) in [5.74, 6) is -0.161. The molecule has 1 aliphatic carbocycles. The van der Waals surface area contributed by atoms with Crippen LogP contribution in [0.3, 0.4) is 0 Å². The second-order valence-electron chi connectivity index (χ2n) is 6.02. The number of nitrogens with two attached hydrogens (primary N) is 1. The van der Waals surface area contributed by atoms with Crippen molar-refractivity contribution >= 4 is 0 Å². The van der Waals surface area contributed by atoms with Crippen LogP contribution in [0.4, 0.5) is 4.39 Å². The van der Waals surface area contributed by atoms with Gasteiger partial charge in [0.15, 0.2) is 0 Å². The zero-order valence-corrected chi connectivity index (χ0v) is 12.4. The van der Waals surface area contributed by atoms with Gasteiger partial charge >= 0.3 is 0 Å². The molecule has 1 unspecified atom stereocenters. The highest BCUT2D eigenvalue weighted by atomic mass is 19.1. The molecule has 1 fully saturated rings. The Labute approximate surface area is 121 Å². The topological polar surface area (TPSA) is 38.0 Å². The van der Waals surface area contributed by atoms with E-state index in [0.29, 0.717) is 18.1 Å². The molecule has 1 saturated carbocycles.